The average Bonchev–Trinajstić information content (AvgIpc) is 2.39. The number of carbonyl (C=O) groups is 1. The van der Waals surface area contributed by atoms with Crippen molar-refractivity contribution >= 4 is 23.1 Å². The Morgan fingerprint density at radius 3 is 2.78 bits per heavy atom. The van der Waals surface area contributed by atoms with E-state index in [4.69, 9.17) is 11.6 Å². The van der Waals surface area contributed by atoms with Crippen LogP contribution in [-0.2, 0) is 6.42 Å². The lowest BCUT2D eigenvalue weighted by molar-refractivity contribution is 0.0992. The van der Waals surface area contributed by atoms with Crippen LogP contribution in [0.15, 0.2) is 47.8 Å². The van der Waals surface area contributed by atoms with Crippen LogP contribution in [0.4, 0.5) is 5.69 Å². The Morgan fingerprint density at radius 2 is 2.11 bits per heavy atom. The number of aromatic nitrogens is 1. The monoisotopic (exact) mass is 260 g/mol. The Bertz CT molecular complexity index is 585. The van der Waals surface area contributed by atoms with Crippen LogP contribution in [0.1, 0.15) is 16.1 Å². The van der Waals surface area contributed by atoms with Gasteiger partial charge >= 0.3 is 0 Å². The molecule has 5 heteroatoms. The van der Waals surface area contributed by atoms with Gasteiger partial charge in [-0.3, -0.25) is 9.78 Å². The molecule has 90 valence electrons. The van der Waals surface area contributed by atoms with Crippen LogP contribution in [0.2, 0.25) is 5.02 Å². The van der Waals surface area contributed by atoms with E-state index in [0.717, 1.165) is 0 Å². The molecule has 0 amide bonds. The summed E-state index contributed by atoms with van der Waals surface area (Å²) >= 11 is 5.74. The third-order valence-corrected chi connectivity index (χ3v) is 2.66. The number of hydrogen-bond acceptors (Lipinski definition) is 4. The number of hydrogen-bond donors (Lipinski definition) is 0. The number of nitrogens with zero attached hydrogens (tertiary/aromatic N) is 2. The highest BCUT2D eigenvalue weighted by atomic mass is 35.5. The summed E-state index contributed by atoms with van der Waals surface area (Å²) in [5, 5.41) is 3.19. The Labute approximate surface area is 109 Å². The lowest BCUT2D eigenvalue weighted by atomic mass is 10.0. The molecule has 1 aromatic carbocycles. The lowest BCUT2D eigenvalue weighted by Gasteiger charge is -2.03. The van der Waals surface area contributed by atoms with Gasteiger partial charge in [0.1, 0.15) is 5.69 Å². The van der Waals surface area contributed by atoms with E-state index in [2.05, 4.69) is 10.2 Å². The van der Waals surface area contributed by atoms with Gasteiger partial charge in [0, 0.05) is 22.5 Å². The van der Waals surface area contributed by atoms with Gasteiger partial charge in [0.05, 0.1) is 6.42 Å². The minimum Gasteiger partial charge on any atom is -0.294 e. The quantitative estimate of drug-likeness (QED) is 0.624. The number of halogens is 1. The van der Waals surface area contributed by atoms with Crippen molar-refractivity contribution in [3.8, 4) is 0 Å². The summed E-state index contributed by atoms with van der Waals surface area (Å²) in [5.74, 6) is -0.208. The summed E-state index contributed by atoms with van der Waals surface area (Å²) in [6.07, 6.45) is 1.74. The maximum Gasteiger partial charge on any atom is 0.171 e. The number of ketones is 1. The summed E-state index contributed by atoms with van der Waals surface area (Å²) in [6.45, 7) is 0. The average molecular weight is 261 g/mol. The molecule has 0 aliphatic heterocycles. The molecule has 0 radical (unpaired) electrons. The van der Waals surface area contributed by atoms with E-state index < -0.39 is 0 Å². The van der Waals surface area contributed by atoms with Gasteiger partial charge in [-0.15, -0.1) is 4.91 Å². The molecule has 0 bridgehead atoms. The van der Waals surface area contributed by atoms with Crippen molar-refractivity contribution in [3.05, 3.63) is 63.8 Å². The van der Waals surface area contributed by atoms with Crippen LogP contribution in [0.25, 0.3) is 0 Å². The smallest absolute Gasteiger partial charge is 0.171 e. The Hall–Kier alpha value is -2.07. The first-order valence-corrected chi connectivity index (χ1v) is 5.64. The minimum atomic E-state index is -0.208. The molecule has 2 aromatic rings. The van der Waals surface area contributed by atoms with Crippen LogP contribution >= 0.6 is 11.6 Å². The molecule has 0 N–H and O–H groups in total. The third kappa shape index (κ3) is 2.78. The number of rotatable bonds is 4. The standard InChI is InChI=1S/C13H9ClN2O2/c14-9-4-5-11(12(7-9)16-18)13(17)8-10-3-1-2-6-15-10/h1-7H,8H2. The molecule has 18 heavy (non-hydrogen) atoms. The zero-order chi connectivity index (χ0) is 13.0. The van der Waals surface area contributed by atoms with Crippen molar-refractivity contribution in [2.45, 2.75) is 6.42 Å². The van der Waals surface area contributed by atoms with E-state index in [-0.39, 0.29) is 23.5 Å². The largest absolute Gasteiger partial charge is 0.294 e. The second kappa shape index (κ2) is 5.51. The van der Waals surface area contributed by atoms with Crippen molar-refractivity contribution < 1.29 is 4.79 Å². The zero-order valence-corrected chi connectivity index (χ0v) is 10.1. The van der Waals surface area contributed by atoms with Crippen molar-refractivity contribution in [1.29, 1.82) is 0 Å². The van der Waals surface area contributed by atoms with Gasteiger partial charge in [-0.1, -0.05) is 17.7 Å². The van der Waals surface area contributed by atoms with E-state index in [9.17, 15) is 9.70 Å². The summed E-state index contributed by atoms with van der Waals surface area (Å²) in [7, 11) is 0. The van der Waals surface area contributed by atoms with Crippen LogP contribution < -0.4 is 0 Å². The number of pyridine rings is 1. The Morgan fingerprint density at radius 1 is 1.28 bits per heavy atom. The summed E-state index contributed by atoms with van der Waals surface area (Å²) in [5.41, 5.74) is 0.970. The number of benzene rings is 1. The minimum absolute atomic E-state index is 0.0587. The third-order valence-electron chi connectivity index (χ3n) is 2.43. The molecule has 0 atom stereocenters. The number of Topliss-reactive ketones (excluding diaryl/α,β-unsaturated/α-hetero) is 1. The van der Waals surface area contributed by atoms with Crippen LogP contribution in [0.5, 0.6) is 0 Å². The normalized spacial score (nSPS) is 10.1. The lowest BCUT2D eigenvalue weighted by Crippen LogP contribution is -2.05. The van der Waals surface area contributed by atoms with E-state index in [1.54, 1.807) is 30.5 Å². The number of carbonyl (C=O) groups excluding carboxylic acids is 1. The van der Waals surface area contributed by atoms with Crippen molar-refractivity contribution in [2.75, 3.05) is 0 Å². The fourth-order valence-electron chi connectivity index (χ4n) is 1.58. The molecule has 2 rings (SSSR count). The molecule has 0 unspecified atom stereocenters. The van der Waals surface area contributed by atoms with Gasteiger partial charge < -0.3 is 0 Å². The van der Waals surface area contributed by atoms with Gasteiger partial charge in [0.2, 0.25) is 0 Å². The molecule has 0 fully saturated rings. The molecule has 0 aliphatic carbocycles. The summed E-state index contributed by atoms with van der Waals surface area (Å²) < 4.78 is 0. The molecular weight excluding hydrogens is 252 g/mol. The summed E-state index contributed by atoms with van der Waals surface area (Å²) in [4.78, 5) is 26.7. The van der Waals surface area contributed by atoms with Gasteiger partial charge in [0.25, 0.3) is 0 Å². The van der Waals surface area contributed by atoms with Crippen LogP contribution in [0.3, 0.4) is 0 Å². The van der Waals surface area contributed by atoms with Crippen LogP contribution in [-0.4, -0.2) is 10.8 Å². The predicted octanol–water partition coefficient (Wildman–Crippen LogP) is 3.56. The molecule has 0 aliphatic rings. The fourth-order valence-corrected chi connectivity index (χ4v) is 1.74. The number of nitroso groups, excluding NO2 is 1. The Kier molecular flexibility index (Phi) is 3.79. The van der Waals surface area contributed by atoms with E-state index in [0.29, 0.717) is 10.7 Å². The topological polar surface area (TPSA) is 59.4 Å². The fraction of sp³-hybridized carbons (Fsp3) is 0.0769. The van der Waals surface area contributed by atoms with E-state index in [1.807, 2.05) is 0 Å². The predicted molar refractivity (Wildman–Crippen MR) is 69.2 cm³/mol. The zero-order valence-electron chi connectivity index (χ0n) is 9.34. The second-order valence-electron chi connectivity index (χ2n) is 3.67. The SMILES string of the molecule is O=Nc1cc(Cl)ccc1C(=O)Cc1ccccn1. The highest BCUT2D eigenvalue weighted by Gasteiger charge is 2.13. The first-order valence-electron chi connectivity index (χ1n) is 5.26. The molecule has 0 saturated carbocycles. The van der Waals surface area contributed by atoms with Crippen molar-refractivity contribution in [1.82, 2.24) is 4.98 Å². The maximum atomic E-state index is 12.0. The van der Waals surface area contributed by atoms with E-state index in [1.165, 1.54) is 12.1 Å². The highest BCUT2D eigenvalue weighted by Crippen LogP contribution is 2.24. The van der Waals surface area contributed by atoms with Gasteiger partial charge in [0.15, 0.2) is 5.78 Å². The first kappa shape index (κ1) is 12.4. The van der Waals surface area contributed by atoms with Crippen LogP contribution in [0, 0.1) is 4.91 Å². The molecule has 0 spiro atoms. The molecule has 4 nitrogen and oxygen atoms in total. The Balaban J connectivity index is 2.27. The highest BCUT2D eigenvalue weighted by molar-refractivity contribution is 6.31. The maximum absolute atomic E-state index is 12.0. The van der Waals surface area contributed by atoms with E-state index >= 15 is 0 Å². The van der Waals surface area contributed by atoms with Gasteiger partial charge in [-0.25, -0.2) is 0 Å². The van der Waals surface area contributed by atoms with Gasteiger partial charge in [-0.05, 0) is 35.5 Å². The van der Waals surface area contributed by atoms with Crippen molar-refractivity contribution in [3.63, 3.8) is 0 Å². The second-order valence-corrected chi connectivity index (χ2v) is 4.11. The molecule has 1 heterocycles. The first-order chi connectivity index (χ1) is 8.70. The molecule has 1 aromatic heterocycles. The molecule has 0 saturated heterocycles. The molecular formula is C13H9ClN2O2. The van der Waals surface area contributed by atoms with Crippen molar-refractivity contribution in [2.24, 2.45) is 5.18 Å². The summed E-state index contributed by atoms with van der Waals surface area (Å²) in [6, 6.07) is 9.76. The van der Waals surface area contributed by atoms with Gasteiger partial charge in [-0.2, -0.15) is 0 Å².